The van der Waals surface area contributed by atoms with Gasteiger partial charge in [-0.25, -0.2) is 14.4 Å². The van der Waals surface area contributed by atoms with Crippen molar-refractivity contribution in [3.8, 4) is 0 Å². The standard InChI is InChI=1S/C18H19ClFN3O/c1-12-5-4-7-15(20)14(12)11-23(17(24)9-19)18-21-10-13-6-2-3-8-16(13)22-18/h4-5,7,10H,2-3,6,8-9,11H2,1H3. The first-order valence-corrected chi connectivity index (χ1v) is 8.58. The number of carbonyl (C=O) groups excluding carboxylic acids is 1. The lowest BCUT2D eigenvalue weighted by Crippen LogP contribution is -2.34. The highest BCUT2D eigenvalue weighted by Gasteiger charge is 2.22. The monoisotopic (exact) mass is 347 g/mol. The number of fused-ring (bicyclic) bond motifs is 1. The smallest absolute Gasteiger partial charge is 0.244 e. The normalized spacial score (nSPS) is 13.5. The Labute approximate surface area is 145 Å². The van der Waals surface area contributed by atoms with Crippen LogP contribution >= 0.6 is 11.6 Å². The molecule has 126 valence electrons. The number of alkyl halides is 1. The number of carbonyl (C=O) groups is 1. The molecule has 4 nitrogen and oxygen atoms in total. The third kappa shape index (κ3) is 3.41. The lowest BCUT2D eigenvalue weighted by molar-refractivity contribution is -0.116. The zero-order valence-corrected chi connectivity index (χ0v) is 14.3. The highest BCUT2D eigenvalue weighted by atomic mass is 35.5. The summed E-state index contributed by atoms with van der Waals surface area (Å²) in [5.41, 5.74) is 3.34. The van der Waals surface area contributed by atoms with Gasteiger partial charge in [0.05, 0.1) is 6.54 Å². The molecule has 1 aliphatic rings. The predicted molar refractivity (Wildman–Crippen MR) is 91.7 cm³/mol. The molecule has 0 unspecified atom stereocenters. The Bertz CT molecular complexity index is 746. The second-order valence-corrected chi connectivity index (χ2v) is 6.27. The fourth-order valence-corrected chi connectivity index (χ4v) is 3.11. The van der Waals surface area contributed by atoms with E-state index in [2.05, 4.69) is 9.97 Å². The Morgan fingerprint density at radius 3 is 2.88 bits per heavy atom. The molecule has 3 rings (SSSR count). The van der Waals surface area contributed by atoms with Crippen molar-refractivity contribution in [1.82, 2.24) is 9.97 Å². The molecule has 0 saturated heterocycles. The van der Waals surface area contributed by atoms with Gasteiger partial charge in [0, 0.05) is 17.5 Å². The van der Waals surface area contributed by atoms with E-state index in [1.807, 2.05) is 13.0 Å². The molecular weight excluding hydrogens is 329 g/mol. The van der Waals surface area contributed by atoms with E-state index in [-0.39, 0.29) is 24.1 Å². The van der Waals surface area contributed by atoms with Crippen molar-refractivity contribution in [3.63, 3.8) is 0 Å². The summed E-state index contributed by atoms with van der Waals surface area (Å²) in [7, 11) is 0. The second-order valence-electron chi connectivity index (χ2n) is 6.00. The number of aryl methyl sites for hydroxylation is 3. The summed E-state index contributed by atoms with van der Waals surface area (Å²) >= 11 is 5.75. The van der Waals surface area contributed by atoms with E-state index in [1.54, 1.807) is 12.3 Å². The summed E-state index contributed by atoms with van der Waals surface area (Å²) in [4.78, 5) is 22.5. The van der Waals surface area contributed by atoms with Gasteiger partial charge >= 0.3 is 0 Å². The van der Waals surface area contributed by atoms with Crippen molar-refractivity contribution in [2.24, 2.45) is 0 Å². The molecule has 0 bridgehead atoms. The van der Waals surface area contributed by atoms with Crippen molar-refractivity contribution in [1.29, 1.82) is 0 Å². The zero-order valence-electron chi connectivity index (χ0n) is 13.6. The molecule has 6 heteroatoms. The van der Waals surface area contributed by atoms with E-state index < -0.39 is 0 Å². The number of nitrogens with zero attached hydrogens (tertiary/aromatic N) is 3. The van der Waals surface area contributed by atoms with Crippen molar-refractivity contribution in [2.75, 3.05) is 10.8 Å². The van der Waals surface area contributed by atoms with E-state index in [0.29, 0.717) is 11.5 Å². The maximum atomic E-state index is 14.2. The minimum Gasteiger partial charge on any atom is -0.275 e. The molecule has 2 aromatic rings. The van der Waals surface area contributed by atoms with Crippen LogP contribution in [0.25, 0.3) is 0 Å². The Hall–Kier alpha value is -2.01. The number of hydrogen-bond donors (Lipinski definition) is 0. The summed E-state index contributed by atoms with van der Waals surface area (Å²) in [5, 5.41) is 0. The first kappa shape index (κ1) is 16.8. The van der Waals surface area contributed by atoms with Gasteiger partial charge < -0.3 is 0 Å². The second kappa shape index (κ2) is 7.26. The van der Waals surface area contributed by atoms with Crippen LogP contribution in [-0.2, 0) is 24.2 Å². The van der Waals surface area contributed by atoms with E-state index in [4.69, 9.17) is 11.6 Å². The van der Waals surface area contributed by atoms with Crippen LogP contribution in [-0.4, -0.2) is 21.8 Å². The minimum atomic E-state index is -0.347. The number of rotatable bonds is 4. The molecular formula is C18H19ClFN3O. The zero-order chi connectivity index (χ0) is 17.1. The molecule has 0 radical (unpaired) electrons. The third-order valence-electron chi connectivity index (χ3n) is 4.38. The van der Waals surface area contributed by atoms with E-state index in [1.165, 1.54) is 11.0 Å². The van der Waals surface area contributed by atoms with Crippen LogP contribution in [0.1, 0.15) is 35.2 Å². The molecule has 1 amide bonds. The quantitative estimate of drug-likeness (QED) is 0.794. The van der Waals surface area contributed by atoms with Gasteiger partial charge in [0.25, 0.3) is 0 Å². The molecule has 0 N–H and O–H groups in total. The molecule has 0 fully saturated rings. The van der Waals surface area contributed by atoms with Crippen molar-refractivity contribution >= 4 is 23.5 Å². The Morgan fingerprint density at radius 1 is 1.33 bits per heavy atom. The van der Waals surface area contributed by atoms with Crippen LogP contribution in [0.15, 0.2) is 24.4 Å². The van der Waals surface area contributed by atoms with Crippen LogP contribution in [0, 0.1) is 12.7 Å². The van der Waals surface area contributed by atoms with Gasteiger partial charge in [-0.3, -0.25) is 9.69 Å². The van der Waals surface area contributed by atoms with Gasteiger partial charge in [-0.1, -0.05) is 12.1 Å². The summed E-state index contributed by atoms with van der Waals surface area (Å²) in [5.74, 6) is -0.590. The maximum absolute atomic E-state index is 14.2. The van der Waals surface area contributed by atoms with Gasteiger partial charge in [-0.15, -0.1) is 11.6 Å². The largest absolute Gasteiger partial charge is 0.275 e. The third-order valence-corrected chi connectivity index (χ3v) is 4.61. The van der Waals surface area contributed by atoms with Crippen LogP contribution < -0.4 is 4.90 Å². The number of benzene rings is 1. The fraction of sp³-hybridized carbons (Fsp3) is 0.389. The van der Waals surface area contributed by atoms with E-state index in [9.17, 15) is 9.18 Å². The Balaban J connectivity index is 1.97. The van der Waals surface area contributed by atoms with Crippen molar-refractivity contribution < 1.29 is 9.18 Å². The molecule has 1 heterocycles. The maximum Gasteiger partial charge on any atom is 0.244 e. The van der Waals surface area contributed by atoms with Crippen LogP contribution in [0.5, 0.6) is 0 Å². The fourth-order valence-electron chi connectivity index (χ4n) is 2.96. The summed E-state index contributed by atoms with van der Waals surface area (Å²) < 4.78 is 14.2. The van der Waals surface area contributed by atoms with Gasteiger partial charge in [0.15, 0.2) is 0 Å². The number of halogens is 2. The van der Waals surface area contributed by atoms with Gasteiger partial charge in [-0.05, 0) is 49.8 Å². The lowest BCUT2D eigenvalue weighted by atomic mass is 9.98. The van der Waals surface area contributed by atoms with Gasteiger partial charge in [-0.2, -0.15) is 0 Å². The average Bonchev–Trinajstić information content (AvgIpc) is 2.60. The molecule has 1 aromatic heterocycles. The lowest BCUT2D eigenvalue weighted by Gasteiger charge is -2.23. The highest BCUT2D eigenvalue weighted by molar-refractivity contribution is 6.29. The molecule has 0 spiro atoms. The number of hydrogen-bond acceptors (Lipinski definition) is 3. The van der Waals surface area contributed by atoms with Crippen molar-refractivity contribution in [3.05, 3.63) is 52.6 Å². The topological polar surface area (TPSA) is 46.1 Å². The van der Waals surface area contributed by atoms with Gasteiger partial charge in [0.2, 0.25) is 11.9 Å². The molecule has 0 atom stereocenters. The molecule has 1 aliphatic carbocycles. The van der Waals surface area contributed by atoms with Gasteiger partial charge in [0.1, 0.15) is 11.7 Å². The van der Waals surface area contributed by atoms with E-state index in [0.717, 1.165) is 42.5 Å². The Kier molecular flexibility index (Phi) is 5.09. The number of anilines is 1. The van der Waals surface area contributed by atoms with Crippen LogP contribution in [0.4, 0.5) is 10.3 Å². The number of amides is 1. The number of aromatic nitrogens is 2. The predicted octanol–water partition coefficient (Wildman–Crippen LogP) is 3.57. The summed E-state index contributed by atoms with van der Waals surface area (Å²) in [6.07, 6.45) is 5.84. The van der Waals surface area contributed by atoms with Crippen molar-refractivity contribution in [2.45, 2.75) is 39.2 Å². The summed E-state index contributed by atoms with van der Waals surface area (Å²) in [6.45, 7) is 1.89. The molecule has 24 heavy (non-hydrogen) atoms. The highest BCUT2D eigenvalue weighted by Crippen LogP contribution is 2.23. The summed E-state index contributed by atoms with van der Waals surface area (Å²) in [6, 6.07) is 4.85. The molecule has 0 aliphatic heterocycles. The first-order chi connectivity index (χ1) is 11.6. The minimum absolute atomic E-state index is 0.0723. The van der Waals surface area contributed by atoms with Crippen LogP contribution in [0.3, 0.4) is 0 Å². The van der Waals surface area contributed by atoms with E-state index >= 15 is 0 Å². The molecule has 1 aromatic carbocycles. The SMILES string of the molecule is Cc1cccc(F)c1CN(C(=O)CCl)c1ncc2c(n1)CCCC2. The average molecular weight is 348 g/mol. The Morgan fingerprint density at radius 2 is 2.12 bits per heavy atom. The molecule has 0 saturated carbocycles. The van der Waals surface area contributed by atoms with Crippen LogP contribution in [0.2, 0.25) is 0 Å². The first-order valence-electron chi connectivity index (χ1n) is 8.05.